The highest BCUT2D eigenvalue weighted by Gasteiger charge is 2.11. The first kappa shape index (κ1) is 24.5. The van der Waals surface area contributed by atoms with Crippen molar-refractivity contribution in [2.24, 2.45) is 4.99 Å². The molecule has 0 radical (unpaired) electrons. The molecule has 2 aromatic heterocycles. The minimum Gasteiger partial charge on any atom is -0.489 e. The van der Waals surface area contributed by atoms with Crippen molar-refractivity contribution >= 4 is 29.9 Å². The smallest absolute Gasteiger partial charge is 0.276 e. The van der Waals surface area contributed by atoms with Crippen LogP contribution in [0.3, 0.4) is 0 Å². The molecule has 2 N–H and O–H groups in total. The lowest BCUT2D eigenvalue weighted by molar-refractivity contribution is 0.199. The Kier molecular flexibility index (Phi) is 10.1. The van der Waals surface area contributed by atoms with Crippen LogP contribution < -0.4 is 15.4 Å². The third-order valence-corrected chi connectivity index (χ3v) is 4.27. The van der Waals surface area contributed by atoms with Gasteiger partial charge < -0.3 is 19.9 Å². The Bertz CT molecular complexity index is 954. The van der Waals surface area contributed by atoms with Crippen LogP contribution in [0.5, 0.6) is 5.75 Å². The van der Waals surface area contributed by atoms with Gasteiger partial charge in [-0.1, -0.05) is 24.2 Å². The second-order valence-corrected chi connectivity index (χ2v) is 6.47. The number of rotatable bonds is 9. The number of aromatic nitrogens is 3. The van der Waals surface area contributed by atoms with Crippen molar-refractivity contribution in [3.05, 3.63) is 60.3 Å². The van der Waals surface area contributed by atoms with Crippen LogP contribution in [0.15, 0.2) is 58.2 Å². The van der Waals surface area contributed by atoms with Gasteiger partial charge in [-0.05, 0) is 30.7 Å². The van der Waals surface area contributed by atoms with Gasteiger partial charge in [0.15, 0.2) is 11.8 Å². The summed E-state index contributed by atoms with van der Waals surface area (Å²) in [6.45, 7) is 3.11. The van der Waals surface area contributed by atoms with Crippen LogP contribution in [0.25, 0.3) is 11.6 Å². The maximum atomic E-state index is 13.3. The SMILES string of the molecule is CCC(CNC(=NC)NCCc1noc(-c2ccccn2)n1)Oc1cccc(F)c1.I. The fraction of sp³-hybridized carbons (Fsp3) is 0.333. The van der Waals surface area contributed by atoms with Gasteiger partial charge in [0, 0.05) is 32.3 Å². The number of hydrogen-bond acceptors (Lipinski definition) is 6. The summed E-state index contributed by atoms with van der Waals surface area (Å²) in [5.74, 6) is 1.80. The van der Waals surface area contributed by atoms with Gasteiger partial charge in [-0.15, -0.1) is 24.0 Å². The average Bonchev–Trinajstić information content (AvgIpc) is 3.24. The van der Waals surface area contributed by atoms with Crippen molar-refractivity contribution in [2.75, 3.05) is 20.1 Å². The summed E-state index contributed by atoms with van der Waals surface area (Å²) < 4.78 is 24.4. The fourth-order valence-corrected chi connectivity index (χ4v) is 2.67. The number of nitrogens with one attached hydrogen (secondary N) is 2. The van der Waals surface area contributed by atoms with E-state index < -0.39 is 0 Å². The molecule has 3 rings (SSSR count). The summed E-state index contributed by atoms with van der Waals surface area (Å²) in [5.41, 5.74) is 0.644. The first-order valence-electron chi connectivity index (χ1n) is 9.78. The van der Waals surface area contributed by atoms with Crippen LogP contribution in [-0.4, -0.2) is 47.3 Å². The van der Waals surface area contributed by atoms with Crippen LogP contribution >= 0.6 is 24.0 Å². The van der Waals surface area contributed by atoms with Gasteiger partial charge >= 0.3 is 0 Å². The number of pyridine rings is 1. The summed E-state index contributed by atoms with van der Waals surface area (Å²) in [5, 5.41) is 10.4. The third kappa shape index (κ3) is 7.78. The molecule has 0 saturated heterocycles. The van der Waals surface area contributed by atoms with Crippen molar-refractivity contribution in [3.8, 4) is 17.3 Å². The molecule has 31 heavy (non-hydrogen) atoms. The van der Waals surface area contributed by atoms with Crippen LogP contribution in [0.4, 0.5) is 4.39 Å². The number of hydrogen-bond donors (Lipinski definition) is 2. The van der Waals surface area contributed by atoms with E-state index in [1.54, 1.807) is 25.4 Å². The number of halogens is 2. The molecule has 0 saturated carbocycles. The molecule has 166 valence electrons. The number of guanidine groups is 1. The molecule has 0 fully saturated rings. The minimum absolute atomic E-state index is 0. The summed E-state index contributed by atoms with van der Waals surface area (Å²) >= 11 is 0. The Morgan fingerprint density at radius 2 is 2.10 bits per heavy atom. The zero-order valence-corrected chi connectivity index (χ0v) is 19.7. The second-order valence-electron chi connectivity index (χ2n) is 6.47. The third-order valence-electron chi connectivity index (χ3n) is 4.27. The van der Waals surface area contributed by atoms with Crippen molar-refractivity contribution in [3.63, 3.8) is 0 Å². The zero-order valence-electron chi connectivity index (χ0n) is 17.4. The van der Waals surface area contributed by atoms with Crippen molar-refractivity contribution < 1.29 is 13.7 Å². The van der Waals surface area contributed by atoms with Crippen LogP contribution in [0.2, 0.25) is 0 Å². The Balaban J connectivity index is 0.00000341. The van der Waals surface area contributed by atoms with E-state index >= 15 is 0 Å². The molecule has 1 atom stereocenters. The number of aliphatic imine (C=N–C) groups is 1. The lowest BCUT2D eigenvalue weighted by Crippen LogP contribution is -2.43. The van der Waals surface area contributed by atoms with Crippen LogP contribution in [0, 0.1) is 5.82 Å². The number of benzene rings is 1. The maximum absolute atomic E-state index is 13.3. The molecular formula is C21H26FIN6O2. The molecule has 1 aromatic carbocycles. The van der Waals surface area contributed by atoms with E-state index in [2.05, 4.69) is 30.8 Å². The molecule has 0 spiro atoms. The summed E-state index contributed by atoms with van der Waals surface area (Å²) in [4.78, 5) is 12.8. The monoisotopic (exact) mass is 540 g/mol. The first-order chi connectivity index (χ1) is 14.7. The molecule has 0 aliphatic rings. The second kappa shape index (κ2) is 12.8. The molecule has 10 heteroatoms. The molecular weight excluding hydrogens is 514 g/mol. The quantitative estimate of drug-likeness (QED) is 0.244. The van der Waals surface area contributed by atoms with E-state index in [0.29, 0.717) is 48.6 Å². The van der Waals surface area contributed by atoms with Crippen LogP contribution in [0.1, 0.15) is 19.2 Å². The highest BCUT2D eigenvalue weighted by molar-refractivity contribution is 14.0. The molecule has 2 heterocycles. The Hall–Kier alpha value is -2.76. The lowest BCUT2D eigenvalue weighted by Gasteiger charge is -2.20. The van der Waals surface area contributed by atoms with Crippen molar-refractivity contribution in [2.45, 2.75) is 25.9 Å². The van der Waals surface area contributed by atoms with Crippen molar-refractivity contribution in [1.82, 2.24) is 25.8 Å². The molecule has 8 nitrogen and oxygen atoms in total. The molecule has 0 aliphatic heterocycles. The highest BCUT2D eigenvalue weighted by Crippen LogP contribution is 2.15. The van der Waals surface area contributed by atoms with E-state index in [-0.39, 0.29) is 35.9 Å². The van der Waals surface area contributed by atoms with Crippen LogP contribution in [-0.2, 0) is 6.42 Å². The van der Waals surface area contributed by atoms with Gasteiger partial charge in [0.1, 0.15) is 23.4 Å². The first-order valence-corrected chi connectivity index (χ1v) is 9.78. The van der Waals surface area contributed by atoms with Gasteiger partial charge in [-0.25, -0.2) is 4.39 Å². The van der Waals surface area contributed by atoms with E-state index in [4.69, 9.17) is 9.26 Å². The number of nitrogens with zero attached hydrogens (tertiary/aromatic N) is 4. The number of ether oxygens (including phenoxy) is 1. The van der Waals surface area contributed by atoms with Gasteiger partial charge in [0.25, 0.3) is 5.89 Å². The predicted molar refractivity (Wildman–Crippen MR) is 127 cm³/mol. The molecule has 0 bridgehead atoms. The van der Waals surface area contributed by atoms with E-state index in [1.165, 1.54) is 12.1 Å². The Labute approximate surface area is 197 Å². The topological polar surface area (TPSA) is 97.5 Å². The Morgan fingerprint density at radius 3 is 2.81 bits per heavy atom. The molecule has 0 aliphatic carbocycles. The largest absolute Gasteiger partial charge is 0.489 e. The summed E-state index contributed by atoms with van der Waals surface area (Å²) in [6, 6.07) is 11.6. The zero-order chi connectivity index (χ0) is 21.2. The van der Waals surface area contributed by atoms with Gasteiger partial charge in [-0.3, -0.25) is 9.98 Å². The lowest BCUT2D eigenvalue weighted by atomic mass is 10.2. The van der Waals surface area contributed by atoms with Gasteiger partial charge in [-0.2, -0.15) is 4.98 Å². The summed E-state index contributed by atoms with van der Waals surface area (Å²) in [6.07, 6.45) is 2.88. The summed E-state index contributed by atoms with van der Waals surface area (Å²) in [7, 11) is 1.69. The van der Waals surface area contributed by atoms with E-state index in [9.17, 15) is 4.39 Å². The highest BCUT2D eigenvalue weighted by atomic mass is 127. The molecule has 0 amide bonds. The minimum atomic E-state index is -0.319. The maximum Gasteiger partial charge on any atom is 0.276 e. The van der Waals surface area contributed by atoms with E-state index in [0.717, 1.165) is 6.42 Å². The standard InChI is InChI=1S/C21H25FN6O2.HI/c1-3-16(29-17-8-6-7-15(22)13-17)14-26-21(23-2)25-12-10-19-27-20(30-28-19)18-9-4-5-11-24-18;/h4-9,11,13,16H,3,10,12,14H2,1-2H3,(H2,23,25,26);1H. The Morgan fingerprint density at radius 1 is 1.23 bits per heavy atom. The fourth-order valence-electron chi connectivity index (χ4n) is 2.67. The predicted octanol–water partition coefficient (Wildman–Crippen LogP) is 3.45. The van der Waals surface area contributed by atoms with Gasteiger partial charge in [0.2, 0.25) is 0 Å². The average molecular weight is 540 g/mol. The van der Waals surface area contributed by atoms with Crippen molar-refractivity contribution in [1.29, 1.82) is 0 Å². The van der Waals surface area contributed by atoms with E-state index in [1.807, 2.05) is 25.1 Å². The molecule has 1 unspecified atom stereocenters. The normalized spacial score (nSPS) is 12.0. The van der Waals surface area contributed by atoms with Gasteiger partial charge in [0.05, 0.1) is 6.54 Å². The molecule has 3 aromatic rings.